The quantitative estimate of drug-likeness (QED) is 0.479. The fourth-order valence-corrected chi connectivity index (χ4v) is 3.40. The maximum absolute atomic E-state index is 5.38. The summed E-state index contributed by atoms with van der Waals surface area (Å²) in [6.45, 7) is 4.12. The molecule has 0 unspecified atom stereocenters. The maximum atomic E-state index is 5.38. The van der Waals surface area contributed by atoms with Gasteiger partial charge in [0.15, 0.2) is 11.0 Å². The standard InChI is InChI=1S/C20H19N5OS/c1-13-4-8-15(9-5-13)18-21-17(26-24-18)12-27-20-23-22-19(25(20)3)16-10-6-14(2)7-11-16/h4-11H,12H2,1-3H3. The molecule has 7 heteroatoms. The fraction of sp³-hybridized carbons (Fsp3) is 0.200. The summed E-state index contributed by atoms with van der Waals surface area (Å²) >= 11 is 1.52. The second kappa shape index (κ2) is 7.36. The van der Waals surface area contributed by atoms with E-state index in [9.17, 15) is 0 Å². The highest BCUT2D eigenvalue weighted by atomic mass is 32.2. The van der Waals surface area contributed by atoms with Crippen LogP contribution in [0.2, 0.25) is 0 Å². The average molecular weight is 377 g/mol. The molecule has 0 N–H and O–H groups in total. The number of hydrogen-bond acceptors (Lipinski definition) is 6. The van der Waals surface area contributed by atoms with Crippen molar-refractivity contribution in [2.24, 2.45) is 7.05 Å². The van der Waals surface area contributed by atoms with Gasteiger partial charge in [-0.05, 0) is 13.8 Å². The van der Waals surface area contributed by atoms with E-state index in [-0.39, 0.29) is 0 Å². The lowest BCUT2D eigenvalue weighted by molar-refractivity contribution is 0.391. The first-order valence-corrected chi connectivity index (χ1v) is 9.57. The van der Waals surface area contributed by atoms with Crippen molar-refractivity contribution in [3.8, 4) is 22.8 Å². The molecule has 2 aromatic heterocycles. The first-order chi connectivity index (χ1) is 13.1. The smallest absolute Gasteiger partial charge is 0.237 e. The lowest BCUT2D eigenvalue weighted by Crippen LogP contribution is -1.95. The van der Waals surface area contributed by atoms with Crippen LogP contribution in [0.25, 0.3) is 22.8 Å². The van der Waals surface area contributed by atoms with Gasteiger partial charge in [-0.15, -0.1) is 10.2 Å². The first kappa shape index (κ1) is 17.5. The molecule has 0 aliphatic heterocycles. The molecule has 2 aromatic carbocycles. The fourth-order valence-electron chi connectivity index (χ4n) is 2.65. The molecule has 2 heterocycles. The highest BCUT2D eigenvalue weighted by molar-refractivity contribution is 7.98. The van der Waals surface area contributed by atoms with Crippen LogP contribution in [0.15, 0.2) is 58.2 Å². The zero-order chi connectivity index (χ0) is 18.8. The van der Waals surface area contributed by atoms with E-state index >= 15 is 0 Å². The minimum absolute atomic E-state index is 0.540. The zero-order valence-corrected chi connectivity index (χ0v) is 16.2. The first-order valence-electron chi connectivity index (χ1n) is 8.59. The van der Waals surface area contributed by atoms with Crippen molar-refractivity contribution in [3.63, 3.8) is 0 Å². The molecular formula is C20H19N5OS. The molecule has 6 nitrogen and oxygen atoms in total. The lowest BCUT2D eigenvalue weighted by atomic mass is 10.1. The number of benzene rings is 2. The van der Waals surface area contributed by atoms with E-state index in [0.29, 0.717) is 17.5 Å². The number of thioether (sulfide) groups is 1. The van der Waals surface area contributed by atoms with Crippen molar-refractivity contribution in [2.45, 2.75) is 24.8 Å². The van der Waals surface area contributed by atoms with Crippen LogP contribution in [0.4, 0.5) is 0 Å². The summed E-state index contributed by atoms with van der Waals surface area (Å²) in [5.41, 5.74) is 4.41. The summed E-state index contributed by atoms with van der Waals surface area (Å²) in [7, 11) is 1.96. The molecule has 0 aliphatic carbocycles. The maximum Gasteiger partial charge on any atom is 0.237 e. The largest absolute Gasteiger partial charge is 0.338 e. The Labute approximate surface area is 161 Å². The van der Waals surface area contributed by atoms with Crippen molar-refractivity contribution in [1.29, 1.82) is 0 Å². The monoisotopic (exact) mass is 377 g/mol. The van der Waals surface area contributed by atoms with Crippen LogP contribution < -0.4 is 0 Å². The minimum Gasteiger partial charge on any atom is -0.338 e. The number of hydrogen-bond donors (Lipinski definition) is 0. The van der Waals surface area contributed by atoms with E-state index in [4.69, 9.17) is 4.52 Å². The Balaban J connectivity index is 1.46. The SMILES string of the molecule is Cc1ccc(-c2noc(CSc3nnc(-c4ccc(C)cc4)n3C)n2)cc1. The van der Waals surface area contributed by atoms with E-state index in [1.807, 2.05) is 42.8 Å². The summed E-state index contributed by atoms with van der Waals surface area (Å²) in [6, 6.07) is 16.3. The molecular weight excluding hydrogens is 358 g/mol. The zero-order valence-electron chi connectivity index (χ0n) is 15.4. The van der Waals surface area contributed by atoms with Crippen molar-refractivity contribution >= 4 is 11.8 Å². The van der Waals surface area contributed by atoms with Crippen LogP contribution in [-0.2, 0) is 12.8 Å². The summed E-state index contributed by atoms with van der Waals surface area (Å²) in [5, 5.41) is 13.5. The van der Waals surface area contributed by atoms with Crippen LogP contribution in [0.5, 0.6) is 0 Å². The third kappa shape index (κ3) is 3.78. The highest BCUT2D eigenvalue weighted by Crippen LogP contribution is 2.26. The molecule has 0 saturated heterocycles. The predicted octanol–water partition coefficient (Wildman–Crippen LogP) is 4.44. The second-order valence-electron chi connectivity index (χ2n) is 6.40. The van der Waals surface area contributed by atoms with Gasteiger partial charge in [-0.25, -0.2) is 0 Å². The van der Waals surface area contributed by atoms with Crippen LogP contribution in [0.3, 0.4) is 0 Å². The number of rotatable bonds is 5. The summed E-state index contributed by atoms with van der Waals surface area (Å²) in [5.74, 6) is 2.54. The van der Waals surface area contributed by atoms with Crippen molar-refractivity contribution in [2.75, 3.05) is 0 Å². The Hall–Kier alpha value is -2.93. The van der Waals surface area contributed by atoms with Crippen LogP contribution >= 0.6 is 11.8 Å². The van der Waals surface area contributed by atoms with Gasteiger partial charge in [0.1, 0.15) is 0 Å². The Morgan fingerprint density at radius 1 is 0.889 bits per heavy atom. The molecule has 27 heavy (non-hydrogen) atoms. The van der Waals surface area contributed by atoms with Crippen molar-refractivity contribution < 1.29 is 4.52 Å². The molecule has 0 spiro atoms. The molecule has 4 aromatic rings. The van der Waals surface area contributed by atoms with Gasteiger partial charge < -0.3 is 9.09 Å². The topological polar surface area (TPSA) is 69.6 Å². The number of aryl methyl sites for hydroxylation is 2. The van der Waals surface area contributed by atoms with Crippen molar-refractivity contribution in [3.05, 3.63) is 65.5 Å². The van der Waals surface area contributed by atoms with Crippen molar-refractivity contribution in [1.82, 2.24) is 24.9 Å². The summed E-state index contributed by atoms with van der Waals surface area (Å²) < 4.78 is 7.35. The van der Waals surface area contributed by atoms with Gasteiger partial charge in [-0.1, -0.05) is 76.6 Å². The predicted molar refractivity (Wildman–Crippen MR) is 105 cm³/mol. The van der Waals surface area contributed by atoms with E-state index in [1.54, 1.807) is 0 Å². The van der Waals surface area contributed by atoms with Gasteiger partial charge in [-0.3, -0.25) is 0 Å². The number of aromatic nitrogens is 5. The van der Waals surface area contributed by atoms with E-state index in [2.05, 4.69) is 51.5 Å². The molecule has 136 valence electrons. The summed E-state index contributed by atoms with van der Waals surface area (Å²) in [4.78, 5) is 4.47. The Morgan fingerprint density at radius 2 is 1.52 bits per heavy atom. The molecule has 0 atom stereocenters. The molecule has 0 fully saturated rings. The number of nitrogens with zero attached hydrogens (tertiary/aromatic N) is 5. The van der Waals surface area contributed by atoms with Crippen LogP contribution in [-0.4, -0.2) is 24.9 Å². The molecule has 0 radical (unpaired) electrons. The Bertz CT molecular complexity index is 1050. The van der Waals surface area contributed by atoms with E-state index in [0.717, 1.165) is 22.1 Å². The third-order valence-corrected chi connectivity index (χ3v) is 5.25. The molecule has 4 rings (SSSR count). The molecule has 0 saturated carbocycles. The van der Waals surface area contributed by atoms with Gasteiger partial charge in [0.25, 0.3) is 0 Å². The highest BCUT2D eigenvalue weighted by Gasteiger charge is 2.14. The van der Waals surface area contributed by atoms with E-state index in [1.165, 1.54) is 22.9 Å². The van der Waals surface area contributed by atoms with Gasteiger partial charge in [0.05, 0.1) is 5.75 Å². The third-order valence-electron chi connectivity index (χ3n) is 4.25. The molecule has 0 aliphatic rings. The van der Waals surface area contributed by atoms with E-state index < -0.39 is 0 Å². The van der Waals surface area contributed by atoms with Gasteiger partial charge in [-0.2, -0.15) is 4.98 Å². The van der Waals surface area contributed by atoms with Crippen LogP contribution in [0, 0.1) is 13.8 Å². The van der Waals surface area contributed by atoms with Gasteiger partial charge in [0.2, 0.25) is 11.7 Å². The van der Waals surface area contributed by atoms with Crippen LogP contribution in [0.1, 0.15) is 17.0 Å². The summed E-state index contributed by atoms with van der Waals surface area (Å²) in [6.07, 6.45) is 0. The van der Waals surface area contributed by atoms with Gasteiger partial charge in [0, 0.05) is 18.2 Å². The molecule has 0 bridgehead atoms. The minimum atomic E-state index is 0.540. The Morgan fingerprint density at radius 3 is 2.19 bits per heavy atom. The normalized spacial score (nSPS) is 11.1. The lowest BCUT2D eigenvalue weighted by Gasteiger charge is -2.03. The molecule has 0 amide bonds. The second-order valence-corrected chi connectivity index (χ2v) is 7.34. The average Bonchev–Trinajstić information content (AvgIpc) is 3.28. The Kier molecular flexibility index (Phi) is 4.77. The van der Waals surface area contributed by atoms with Gasteiger partial charge >= 0.3 is 0 Å².